The topological polar surface area (TPSA) is 134 Å². The van der Waals surface area contributed by atoms with Crippen molar-refractivity contribution in [3.63, 3.8) is 0 Å². The van der Waals surface area contributed by atoms with Crippen LogP contribution in [0.15, 0.2) is 72.6 Å². The maximum absolute atomic E-state index is 11.3. The number of nitrogens with zero attached hydrogens (tertiary/aromatic N) is 2. The van der Waals surface area contributed by atoms with Crippen molar-refractivity contribution >= 4 is 65.9 Å². The Morgan fingerprint density at radius 3 is 2.48 bits per heavy atom. The minimum atomic E-state index is -4.38. The Balaban J connectivity index is 1.54. The van der Waals surface area contributed by atoms with Gasteiger partial charge in [0.1, 0.15) is 4.70 Å². The Hall–Kier alpha value is -2.68. The molecule has 0 spiro atoms. The van der Waals surface area contributed by atoms with Crippen molar-refractivity contribution in [1.29, 1.82) is 0 Å². The molecule has 0 atom stereocenters. The third-order valence-electron chi connectivity index (χ3n) is 6.35. The van der Waals surface area contributed by atoms with Gasteiger partial charge in [-0.15, -0.1) is 0 Å². The molecule has 2 heterocycles. The van der Waals surface area contributed by atoms with E-state index in [-0.39, 0.29) is 18.7 Å². The molecule has 3 aromatic carbocycles. The third-order valence-corrected chi connectivity index (χ3v) is 9.33. The summed E-state index contributed by atoms with van der Waals surface area (Å²) in [5.41, 5.74) is 3.56. The Labute approximate surface area is 242 Å². The highest BCUT2D eigenvalue weighted by Gasteiger charge is 2.30. The van der Waals surface area contributed by atoms with Gasteiger partial charge < -0.3 is 27.8 Å². The molecule has 0 amide bonds. The zero-order valence-corrected chi connectivity index (χ0v) is 24.3. The predicted molar refractivity (Wildman–Crippen MR) is 159 cm³/mol. The van der Waals surface area contributed by atoms with Crippen LogP contribution in [-0.2, 0) is 16.7 Å². The second-order valence-corrected chi connectivity index (χ2v) is 14.0. The van der Waals surface area contributed by atoms with Crippen LogP contribution in [0.4, 0.5) is 5.69 Å². The normalized spacial score (nSPS) is 15.0. The van der Waals surface area contributed by atoms with Crippen molar-refractivity contribution in [2.45, 2.75) is 19.4 Å². The highest BCUT2D eigenvalue weighted by molar-refractivity contribution is 8.19. The maximum Gasteiger partial charge on any atom is 0.268 e. The van der Waals surface area contributed by atoms with Crippen LogP contribution < -0.4 is 14.2 Å². The fourth-order valence-corrected chi connectivity index (χ4v) is 6.84. The average Bonchev–Trinajstić information content (AvgIpc) is 3.40. The molecule has 0 fully saturated rings. The maximum atomic E-state index is 11.3. The Bertz CT molecular complexity index is 1670. The number of fused-ring (bicyclic) bond motifs is 2. The van der Waals surface area contributed by atoms with Gasteiger partial charge in [0.05, 0.1) is 38.5 Å². The quantitative estimate of drug-likeness (QED) is 0.139. The van der Waals surface area contributed by atoms with Crippen molar-refractivity contribution in [3.8, 4) is 16.9 Å². The largest absolute Gasteiger partial charge is 0.748 e. The van der Waals surface area contributed by atoms with Crippen molar-refractivity contribution in [3.05, 3.63) is 82.6 Å². The van der Waals surface area contributed by atoms with Gasteiger partial charge in [0.2, 0.25) is 11.4 Å². The van der Waals surface area contributed by atoms with E-state index < -0.39 is 26.7 Å². The summed E-state index contributed by atoms with van der Waals surface area (Å²) in [7, 11) is -8.01. The van der Waals surface area contributed by atoms with E-state index in [4.69, 9.17) is 16.3 Å². The van der Waals surface area contributed by atoms with Crippen LogP contribution in [0.2, 0.25) is 5.02 Å². The van der Waals surface area contributed by atoms with E-state index in [9.17, 15) is 26.6 Å². The molecule has 1 aromatic heterocycles. The zero-order valence-electron chi connectivity index (χ0n) is 21.1. The molecule has 5 rings (SSSR count). The Morgan fingerprint density at radius 1 is 0.975 bits per heavy atom. The van der Waals surface area contributed by atoms with E-state index in [1.54, 1.807) is 6.07 Å². The standard InChI is InChI=1S/C27H27ClN2O7S3/c28-21-9-11-25-23(17-21)30(13-5-15-40(34,35)36)27(38-25)18-26-29(12-4-14-39(31,32)33)22-16-20(8-10-24(22)37-26)19-6-2-1-3-7-19/h1-3,6-11,16-18H,4-5,12-15H2,(H3-,31,32,33,34,35,36). The van der Waals surface area contributed by atoms with E-state index in [0.717, 1.165) is 32.0 Å². The lowest BCUT2D eigenvalue weighted by Crippen LogP contribution is -2.36. The van der Waals surface area contributed by atoms with Crippen molar-refractivity contribution < 1.29 is 35.9 Å². The van der Waals surface area contributed by atoms with Gasteiger partial charge in [0.15, 0.2) is 12.3 Å². The molecule has 0 radical (unpaired) electrons. The van der Waals surface area contributed by atoms with Crippen molar-refractivity contribution in [2.24, 2.45) is 0 Å². The smallest absolute Gasteiger partial charge is 0.268 e. The first-order chi connectivity index (χ1) is 19.0. The number of aromatic nitrogens is 1. The fourth-order valence-electron chi connectivity index (χ4n) is 4.58. The SMILES string of the molecule is O=S(=O)([O-])CCCN1C(=Cc2sc3ccc(Cl)cc3[n+]2CCCS(O)(O)O)Oc2ccc(-c3ccccc3)cc21. The second kappa shape index (κ2) is 11.7. The molecule has 1 aliphatic heterocycles. The number of benzene rings is 3. The molecule has 0 saturated heterocycles. The van der Waals surface area contributed by atoms with Crippen LogP contribution >= 0.6 is 33.8 Å². The number of rotatable bonds is 10. The summed E-state index contributed by atoms with van der Waals surface area (Å²) in [5.74, 6) is 0.384. The molecule has 40 heavy (non-hydrogen) atoms. The minimum Gasteiger partial charge on any atom is -0.748 e. The van der Waals surface area contributed by atoms with Gasteiger partial charge in [0.25, 0.3) is 5.01 Å². The first-order valence-corrected chi connectivity index (χ1v) is 16.8. The summed E-state index contributed by atoms with van der Waals surface area (Å²) < 4.78 is 71.4. The molecule has 4 aromatic rings. The molecule has 1 aliphatic rings. The molecular formula is C27H27ClN2O7S3. The summed E-state index contributed by atoms with van der Waals surface area (Å²) in [4.78, 5) is 1.86. The van der Waals surface area contributed by atoms with E-state index in [0.29, 0.717) is 29.6 Å². The van der Waals surface area contributed by atoms with Gasteiger partial charge in [-0.2, -0.15) is 4.57 Å². The van der Waals surface area contributed by atoms with E-state index in [2.05, 4.69) is 0 Å². The number of hydrogen-bond acceptors (Lipinski definition) is 9. The monoisotopic (exact) mass is 622 g/mol. The molecule has 0 bridgehead atoms. The zero-order chi connectivity index (χ0) is 28.5. The van der Waals surface area contributed by atoms with Gasteiger partial charge in [0, 0.05) is 29.8 Å². The van der Waals surface area contributed by atoms with E-state index in [1.165, 1.54) is 11.3 Å². The molecule has 13 heteroatoms. The lowest BCUT2D eigenvalue weighted by atomic mass is 10.0. The van der Waals surface area contributed by atoms with E-state index in [1.807, 2.05) is 76.2 Å². The van der Waals surface area contributed by atoms with Crippen molar-refractivity contribution in [1.82, 2.24) is 0 Å². The number of hydrogen-bond donors (Lipinski definition) is 3. The lowest BCUT2D eigenvalue weighted by Gasteiger charge is -2.19. The van der Waals surface area contributed by atoms with Crippen LogP contribution in [0, 0.1) is 0 Å². The summed E-state index contributed by atoms with van der Waals surface area (Å²) in [6.45, 7) is 0.607. The van der Waals surface area contributed by atoms with Gasteiger partial charge in [-0.1, -0.05) is 59.3 Å². The number of anilines is 1. The van der Waals surface area contributed by atoms with Crippen molar-refractivity contribution in [2.75, 3.05) is 23.0 Å². The number of ether oxygens (including phenoxy) is 1. The molecule has 3 N–H and O–H groups in total. The highest BCUT2D eigenvalue weighted by Crippen LogP contribution is 2.42. The molecular weight excluding hydrogens is 596 g/mol. The van der Waals surface area contributed by atoms with Crippen LogP contribution in [0.1, 0.15) is 17.8 Å². The van der Waals surface area contributed by atoms with E-state index >= 15 is 0 Å². The Morgan fingerprint density at radius 2 is 1.75 bits per heavy atom. The van der Waals surface area contributed by atoms with Gasteiger partial charge in [-0.3, -0.25) is 0 Å². The average molecular weight is 623 g/mol. The summed E-state index contributed by atoms with van der Waals surface area (Å²) in [6.07, 6.45) is 2.24. The number of thiazole rings is 1. The number of aryl methyl sites for hydroxylation is 1. The predicted octanol–water partition coefficient (Wildman–Crippen LogP) is 6.26. The lowest BCUT2D eigenvalue weighted by molar-refractivity contribution is -0.668. The van der Waals surface area contributed by atoms with Gasteiger partial charge in [-0.25, -0.2) is 8.42 Å². The van der Waals surface area contributed by atoms with Crippen LogP contribution in [0.5, 0.6) is 5.75 Å². The Kier molecular flexibility index (Phi) is 8.41. The molecule has 0 unspecified atom stereocenters. The molecule has 9 nitrogen and oxygen atoms in total. The molecule has 0 saturated carbocycles. The van der Waals surface area contributed by atoms with Crippen LogP contribution in [0.3, 0.4) is 0 Å². The minimum absolute atomic E-state index is 0.109. The summed E-state index contributed by atoms with van der Waals surface area (Å²) in [6, 6.07) is 21.1. The molecule has 212 valence electrons. The number of halogens is 1. The first kappa shape index (κ1) is 28.8. The fraction of sp³-hybridized carbons (Fsp3) is 0.222. The van der Waals surface area contributed by atoms with Gasteiger partial charge >= 0.3 is 0 Å². The third kappa shape index (κ3) is 6.96. The first-order valence-electron chi connectivity index (χ1n) is 12.4. The molecule has 0 aliphatic carbocycles. The van der Waals surface area contributed by atoms with Gasteiger partial charge in [-0.05, 0) is 41.8 Å². The van der Waals surface area contributed by atoms with Crippen LogP contribution in [0.25, 0.3) is 27.4 Å². The summed E-state index contributed by atoms with van der Waals surface area (Å²) >= 11 is 7.75. The van der Waals surface area contributed by atoms with Crippen LogP contribution in [-0.4, -0.2) is 44.7 Å². The second-order valence-electron chi connectivity index (χ2n) is 9.29. The summed E-state index contributed by atoms with van der Waals surface area (Å²) in [5, 5.41) is 1.32. The highest BCUT2D eigenvalue weighted by atomic mass is 35.5.